The summed E-state index contributed by atoms with van der Waals surface area (Å²) in [5.41, 5.74) is 2.13. The van der Waals surface area contributed by atoms with E-state index in [-0.39, 0.29) is 18.2 Å². The Hall–Kier alpha value is -2.70. The Morgan fingerprint density at radius 2 is 1.93 bits per heavy atom. The van der Waals surface area contributed by atoms with Crippen molar-refractivity contribution in [2.75, 3.05) is 13.1 Å². The van der Waals surface area contributed by atoms with Gasteiger partial charge in [-0.3, -0.25) is 9.59 Å². The molecule has 1 N–H and O–H groups in total. The van der Waals surface area contributed by atoms with Crippen LogP contribution >= 0.6 is 0 Å². The molecule has 2 aromatic rings. The van der Waals surface area contributed by atoms with Gasteiger partial charge in [0.1, 0.15) is 0 Å². The molecule has 7 heteroatoms. The normalized spacial score (nSPS) is 21.7. The number of hydrogen-bond acceptors (Lipinski definition) is 5. The summed E-state index contributed by atoms with van der Waals surface area (Å²) in [6.07, 6.45) is 2.77. The Kier molecular flexibility index (Phi) is 5.39. The van der Waals surface area contributed by atoms with Gasteiger partial charge >= 0.3 is 5.97 Å². The van der Waals surface area contributed by atoms with Crippen molar-refractivity contribution in [3.8, 4) is 11.4 Å². The van der Waals surface area contributed by atoms with Gasteiger partial charge in [0.2, 0.25) is 17.6 Å². The predicted octanol–water partition coefficient (Wildman–Crippen LogP) is 3.36. The van der Waals surface area contributed by atoms with Crippen LogP contribution in [-0.4, -0.2) is 45.1 Å². The molecule has 2 fully saturated rings. The van der Waals surface area contributed by atoms with Gasteiger partial charge in [0.15, 0.2) is 0 Å². The Bertz CT molecular complexity index is 886. The summed E-state index contributed by atoms with van der Waals surface area (Å²) in [6.45, 7) is 5.15. The van der Waals surface area contributed by atoms with Gasteiger partial charge in [-0.15, -0.1) is 0 Å². The number of aryl methyl sites for hydroxylation is 1. The number of aromatic nitrogens is 2. The van der Waals surface area contributed by atoms with Crippen LogP contribution in [0.5, 0.6) is 0 Å². The minimum atomic E-state index is -0.790. The van der Waals surface area contributed by atoms with Crippen LogP contribution in [0.3, 0.4) is 0 Å². The average Bonchev–Trinajstić information content (AvgIpc) is 3.27. The van der Waals surface area contributed by atoms with Gasteiger partial charge in [-0.1, -0.05) is 43.3 Å². The number of carbonyl (C=O) groups excluding carboxylic acids is 1. The van der Waals surface area contributed by atoms with Crippen molar-refractivity contribution in [3.63, 3.8) is 0 Å². The first kappa shape index (κ1) is 19.6. The van der Waals surface area contributed by atoms with Gasteiger partial charge in [0.05, 0.1) is 5.92 Å². The molecule has 2 atom stereocenters. The summed E-state index contributed by atoms with van der Waals surface area (Å²) >= 11 is 0. The van der Waals surface area contributed by atoms with Crippen molar-refractivity contribution in [2.45, 2.75) is 45.4 Å². The molecular formula is C22H27N3O4. The second-order valence-corrected chi connectivity index (χ2v) is 8.53. The third-order valence-electron chi connectivity index (χ3n) is 6.12. The molecule has 2 aliphatic rings. The van der Waals surface area contributed by atoms with Crippen molar-refractivity contribution in [2.24, 2.45) is 17.8 Å². The van der Waals surface area contributed by atoms with E-state index >= 15 is 0 Å². The third-order valence-corrected chi connectivity index (χ3v) is 6.12. The van der Waals surface area contributed by atoms with Gasteiger partial charge < -0.3 is 14.5 Å². The van der Waals surface area contributed by atoms with E-state index in [1.165, 1.54) is 5.56 Å². The van der Waals surface area contributed by atoms with Crippen LogP contribution < -0.4 is 0 Å². The molecule has 1 aromatic carbocycles. The van der Waals surface area contributed by atoms with Crippen LogP contribution in [0.2, 0.25) is 0 Å². The highest BCUT2D eigenvalue weighted by Gasteiger charge is 2.46. The summed E-state index contributed by atoms with van der Waals surface area (Å²) in [5.74, 6) is 0.701. The zero-order chi connectivity index (χ0) is 20.5. The summed E-state index contributed by atoms with van der Waals surface area (Å²) in [5, 5.41) is 13.5. The molecule has 1 aromatic heterocycles. The largest absolute Gasteiger partial charge is 0.481 e. The summed E-state index contributed by atoms with van der Waals surface area (Å²) in [4.78, 5) is 30.2. The number of aliphatic carboxylic acids is 1. The molecule has 1 saturated carbocycles. The second-order valence-electron chi connectivity index (χ2n) is 8.53. The molecule has 0 unspecified atom stereocenters. The van der Waals surface area contributed by atoms with E-state index in [0.29, 0.717) is 43.1 Å². The Labute approximate surface area is 170 Å². The molecule has 1 amide bonds. The number of carboxylic acid groups (broad SMARTS) is 1. The Balaban J connectivity index is 1.34. The molecule has 4 rings (SSSR count). The molecule has 0 radical (unpaired) electrons. The standard InChI is InChI=1S/C22H27N3O4/c1-13(2)14-3-7-16(8-4-14)21-23-19(29-24-21)9-10-20(26)25-11-17(15-5-6-15)18(12-25)22(27)28/h3-4,7-8,13,15,17-18H,5-6,9-12H2,1-2H3,(H,27,28)/t17-,18+/m1/s1. The van der Waals surface area contributed by atoms with E-state index in [9.17, 15) is 14.7 Å². The Morgan fingerprint density at radius 1 is 1.21 bits per heavy atom. The SMILES string of the molecule is CC(C)c1ccc(-c2noc(CCC(=O)N3C[C@H](C(=O)O)[C@@H](C4CC4)C3)n2)cc1. The lowest BCUT2D eigenvalue weighted by molar-refractivity contribution is -0.142. The molecule has 29 heavy (non-hydrogen) atoms. The molecule has 1 saturated heterocycles. The summed E-state index contributed by atoms with van der Waals surface area (Å²) in [7, 11) is 0. The molecule has 2 heterocycles. The monoisotopic (exact) mass is 397 g/mol. The van der Waals surface area contributed by atoms with Gasteiger partial charge in [0, 0.05) is 31.5 Å². The molecule has 0 spiro atoms. The number of likely N-dealkylation sites (tertiary alicyclic amines) is 1. The zero-order valence-corrected chi connectivity index (χ0v) is 16.9. The predicted molar refractivity (Wildman–Crippen MR) is 106 cm³/mol. The van der Waals surface area contributed by atoms with Gasteiger partial charge in [0.25, 0.3) is 0 Å². The summed E-state index contributed by atoms with van der Waals surface area (Å²) < 4.78 is 5.31. The average molecular weight is 397 g/mol. The fraction of sp³-hybridized carbons (Fsp3) is 0.545. The van der Waals surface area contributed by atoms with Crippen molar-refractivity contribution in [3.05, 3.63) is 35.7 Å². The maximum atomic E-state index is 12.6. The highest BCUT2D eigenvalue weighted by molar-refractivity contribution is 5.79. The van der Waals surface area contributed by atoms with Gasteiger partial charge in [-0.2, -0.15) is 4.98 Å². The van der Waals surface area contributed by atoms with Crippen molar-refractivity contribution in [1.29, 1.82) is 0 Å². The van der Waals surface area contributed by atoms with Gasteiger partial charge in [-0.05, 0) is 36.2 Å². The maximum Gasteiger partial charge on any atom is 0.308 e. The van der Waals surface area contributed by atoms with Crippen molar-refractivity contribution >= 4 is 11.9 Å². The van der Waals surface area contributed by atoms with E-state index < -0.39 is 11.9 Å². The number of amides is 1. The third kappa shape index (κ3) is 4.33. The number of carbonyl (C=O) groups is 2. The van der Waals surface area contributed by atoms with Crippen LogP contribution in [0, 0.1) is 17.8 Å². The van der Waals surface area contributed by atoms with Crippen LogP contribution in [0.25, 0.3) is 11.4 Å². The fourth-order valence-electron chi connectivity index (χ4n) is 4.16. The van der Waals surface area contributed by atoms with E-state index in [0.717, 1.165) is 18.4 Å². The number of benzene rings is 1. The van der Waals surface area contributed by atoms with Crippen LogP contribution in [-0.2, 0) is 16.0 Å². The van der Waals surface area contributed by atoms with Crippen LogP contribution in [0.4, 0.5) is 0 Å². The lowest BCUT2D eigenvalue weighted by atomic mass is 9.92. The number of rotatable bonds is 7. The molecule has 154 valence electrons. The van der Waals surface area contributed by atoms with E-state index in [1.807, 2.05) is 12.1 Å². The lowest BCUT2D eigenvalue weighted by Gasteiger charge is -2.15. The molecule has 1 aliphatic carbocycles. The second kappa shape index (κ2) is 7.97. The highest BCUT2D eigenvalue weighted by Crippen LogP contribution is 2.44. The lowest BCUT2D eigenvalue weighted by Crippen LogP contribution is -2.30. The fourth-order valence-corrected chi connectivity index (χ4v) is 4.16. The first-order valence-corrected chi connectivity index (χ1v) is 10.4. The number of hydrogen-bond donors (Lipinski definition) is 1. The van der Waals surface area contributed by atoms with E-state index in [2.05, 4.69) is 36.1 Å². The van der Waals surface area contributed by atoms with Crippen molar-refractivity contribution in [1.82, 2.24) is 15.0 Å². The van der Waals surface area contributed by atoms with Crippen LogP contribution in [0.1, 0.15) is 50.5 Å². The molecular weight excluding hydrogens is 370 g/mol. The topological polar surface area (TPSA) is 96.5 Å². The highest BCUT2D eigenvalue weighted by atomic mass is 16.5. The minimum absolute atomic E-state index is 0.0413. The minimum Gasteiger partial charge on any atom is -0.481 e. The quantitative estimate of drug-likeness (QED) is 0.769. The summed E-state index contributed by atoms with van der Waals surface area (Å²) in [6, 6.07) is 8.07. The smallest absolute Gasteiger partial charge is 0.308 e. The van der Waals surface area contributed by atoms with Crippen molar-refractivity contribution < 1.29 is 19.2 Å². The van der Waals surface area contributed by atoms with E-state index in [4.69, 9.17) is 4.52 Å². The zero-order valence-electron chi connectivity index (χ0n) is 16.9. The number of carboxylic acids is 1. The molecule has 7 nitrogen and oxygen atoms in total. The first-order chi connectivity index (χ1) is 13.9. The van der Waals surface area contributed by atoms with Crippen LogP contribution in [0.15, 0.2) is 28.8 Å². The maximum absolute atomic E-state index is 12.6. The first-order valence-electron chi connectivity index (χ1n) is 10.4. The van der Waals surface area contributed by atoms with Gasteiger partial charge in [-0.25, -0.2) is 0 Å². The van der Waals surface area contributed by atoms with E-state index in [1.54, 1.807) is 4.90 Å². The Morgan fingerprint density at radius 3 is 2.55 bits per heavy atom. The molecule has 1 aliphatic heterocycles. The molecule has 0 bridgehead atoms. The number of nitrogens with zero attached hydrogens (tertiary/aromatic N) is 3.